The largest absolute Gasteiger partial charge is 0.481 e. The van der Waals surface area contributed by atoms with Gasteiger partial charge >= 0.3 is 5.97 Å². The van der Waals surface area contributed by atoms with Crippen LogP contribution in [0.5, 0.6) is 0 Å². The highest BCUT2D eigenvalue weighted by atomic mass is 16.4. The van der Waals surface area contributed by atoms with Crippen LogP contribution in [0.4, 0.5) is 0 Å². The Labute approximate surface area is 83.1 Å². The Balaban J connectivity index is 4.40. The third-order valence-corrected chi connectivity index (χ3v) is 2.25. The molecule has 5 heteroatoms. The number of carbonyl (C=O) groups is 2. The Morgan fingerprint density at radius 1 is 1.29 bits per heavy atom. The summed E-state index contributed by atoms with van der Waals surface area (Å²) in [6.45, 7) is 6.09. The second-order valence-electron chi connectivity index (χ2n) is 3.95. The fourth-order valence-electron chi connectivity index (χ4n) is 0.642. The normalized spacial score (nSPS) is 15.8. The summed E-state index contributed by atoms with van der Waals surface area (Å²) < 4.78 is 0. The van der Waals surface area contributed by atoms with Gasteiger partial charge in [-0.05, 0) is 27.7 Å². The second kappa shape index (κ2) is 4.41. The number of aliphatic hydroxyl groups is 1. The summed E-state index contributed by atoms with van der Waals surface area (Å²) in [6.07, 6.45) is -0.743. The lowest BCUT2D eigenvalue weighted by Crippen LogP contribution is -2.53. The summed E-state index contributed by atoms with van der Waals surface area (Å²) in [5.41, 5.74) is -0.819. The fraction of sp³-hybridized carbons (Fsp3) is 0.778. The number of hydrogen-bond acceptors (Lipinski definition) is 3. The van der Waals surface area contributed by atoms with Crippen molar-refractivity contribution in [3.05, 3.63) is 0 Å². The van der Waals surface area contributed by atoms with Crippen LogP contribution in [0.15, 0.2) is 0 Å². The molecular weight excluding hydrogens is 186 g/mol. The van der Waals surface area contributed by atoms with Gasteiger partial charge in [-0.25, -0.2) is 0 Å². The van der Waals surface area contributed by atoms with Crippen molar-refractivity contribution in [2.24, 2.45) is 5.92 Å². The third-order valence-electron chi connectivity index (χ3n) is 2.25. The molecule has 1 amide bonds. The van der Waals surface area contributed by atoms with Crippen LogP contribution < -0.4 is 5.32 Å². The van der Waals surface area contributed by atoms with Crippen LogP contribution in [-0.2, 0) is 9.59 Å². The lowest BCUT2D eigenvalue weighted by molar-refractivity contribution is -0.147. The summed E-state index contributed by atoms with van der Waals surface area (Å²) in [4.78, 5) is 21.8. The monoisotopic (exact) mass is 203 g/mol. The molecule has 0 spiro atoms. The maximum absolute atomic E-state index is 11.3. The molecule has 5 nitrogen and oxygen atoms in total. The average Bonchev–Trinajstić information content (AvgIpc) is 2.01. The first kappa shape index (κ1) is 12.9. The van der Waals surface area contributed by atoms with E-state index in [1.54, 1.807) is 13.8 Å². The van der Waals surface area contributed by atoms with Crippen molar-refractivity contribution < 1.29 is 19.8 Å². The van der Waals surface area contributed by atoms with E-state index < -0.39 is 29.4 Å². The van der Waals surface area contributed by atoms with E-state index in [9.17, 15) is 14.7 Å². The molecule has 0 aliphatic rings. The number of hydrogen-bond donors (Lipinski definition) is 3. The molecule has 82 valence electrons. The van der Waals surface area contributed by atoms with Gasteiger partial charge in [0.15, 0.2) is 0 Å². The molecule has 0 bridgehead atoms. The minimum atomic E-state index is -1.18. The van der Waals surface area contributed by atoms with E-state index in [1.165, 1.54) is 13.8 Å². The lowest BCUT2D eigenvalue weighted by Gasteiger charge is -2.30. The first-order valence-electron chi connectivity index (χ1n) is 4.41. The minimum absolute atomic E-state index is 0.594. The molecule has 2 unspecified atom stereocenters. The van der Waals surface area contributed by atoms with Gasteiger partial charge in [0, 0.05) is 0 Å². The van der Waals surface area contributed by atoms with Gasteiger partial charge in [-0.3, -0.25) is 9.59 Å². The summed E-state index contributed by atoms with van der Waals surface area (Å²) in [6, 6.07) is 0. The van der Waals surface area contributed by atoms with E-state index in [2.05, 4.69) is 5.32 Å². The van der Waals surface area contributed by atoms with E-state index in [0.717, 1.165) is 0 Å². The standard InChI is InChI=1S/C9H17NO4/c1-5(8(13)14)7(12)10-9(3,4)6(2)11/h5-6,11H,1-4H3,(H,10,12)(H,13,14). The highest BCUT2D eigenvalue weighted by Gasteiger charge is 2.30. The summed E-state index contributed by atoms with van der Waals surface area (Å²) in [7, 11) is 0. The molecular formula is C9H17NO4. The third kappa shape index (κ3) is 3.33. The number of aliphatic carboxylic acids is 1. The van der Waals surface area contributed by atoms with E-state index in [0.29, 0.717) is 0 Å². The number of rotatable bonds is 4. The zero-order chi connectivity index (χ0) is 11.5. The number of aliphatic hydroxyl groups excluding tert-OH is 1. The highest BCUT2D eigenvalue weighted by molar-refractivity contribution is 5.96. The fourth-order valence-corrected chi connectivity index (χ4v) is 0.642. The van der Waals surface area contributed by atoms with Gasteiger partial charge in [0.1, 0.15) is 5.92 Å². The van der Waals surface area contributed by atoms with Crippen molar-refractivity contribution >= 4 is 11.9 Å². The van der Waals surface area contributed by atoms with Crippen molar-refractivity contribution in [3.8, 4) is 0 Å². The van der Waals surface area contributed by atoms with E-state index in [-0.39, 0.29) is 0 Å². The average molecular weight is 203 g/mol. The predicted octanol–water partition coefficient (Wildman–Crippen LogP) is -0.0173. The van der Waals surface area contributed by atoms with Crippen LogP contribution >= 0.6 is 0 Å². The number of carbonyl (C=O) groups excluding carboxylic acids is 1. The maximum atomic E-state index is 11.3. The van der Waals surface area contributed by atoms with Crippen LogP contribution in [0.2, 0.25) is 0 Å². The topological polar surface area (TPSA) is 86.6 Å². The number of carboxylic acids is 1. The molecule has 14 heavy (non-hydrogen) atoms. The molecule has 0 rings (SSSR count). The molecule has 2 atom stereocenters. The second-order valence-corrected chi connectivity index (χ2v) is 3.95. The summed E-state index contributed by atoms with van der Waals surface area (Å²) in [5.74, 6) is -2.87. The zero-order valence-corrected chi connectivity index (χ0v) is 8.87. The predicted molar refractivity (Wildman–Crippen MR) is 50.7 cm³/mol. The van der Waals surface area contributed by atoms with Gasteiger partial charge in [-0.15, -0.1) is 0 Å². The lowest BCUT2D eigenvalue weighted by atomic mass is 9.97. The van der Waals surface area contributed by atoms with Crippen molar-refractivity contribution in [3.63, 3.8) is 0 Å². The number of carboxylic acid groups (broad SMARTS) is 1. The molecule has 0 aliphatic carbocycles. The Morgan fingerprint density at radius 2 is 1.71 bits per heavy atom. The van der Waals surface area contributed by atoms with E-state index in [1.807, 2.05) is 0 Å². The molecule has 0 aromatic rings. The van der Waals surface area contributed by atoms with Crippen LogP contribution in [0.1, 0.15) is 27.7 Å². The molecule has 0 heterocycles. The minimum Gasteiger partial charge on any atom is -0.481 e. The summed E-state index contributed by atoms with van der Waals surface area (Å²) in [5, 5.41) is 20.3. The zero-order valence-electron chi connectivity index (χ0n) is 8.87. The van der Waals surface area contributed by atoms with Gasteiger partial charge in [0.05, 0.1) is 11.6 Å². The maximum Gasteiger partial charge on any atom is 0.315 e. The molecule has 3 N–H and O–H groups in total. The van der Waals surface area contributed by atoms with E-state index in [4.69, 9.17) is 5.11 Å². The van der Waals surface area contributed by atoms with Gasteiger partial charge in [-0.1, -0.05) is 0 Å². The first-order chi connectivity index (χ1) is 6.18. The Kier molecular flexibility index (Phi) is 4.07. The van der Waals surface area contributed by atoms with Crippen molar-refractivity contribution in [1.29, 1.82) is 0 Å². The van der Waals surface area contributed by atoms with Crippen LogP contribution in [0, 0.1) is 5.92 Å². The van der Waals surface area contributed by atoms with Gasteiger partial charge in [0.25, 0.3) is 0 Å². The Bertz CT molecular complexity index is 235. The molecule has 0 saturated heterocycles. The quantitative estimate of drug-likeness (QED) is 0.560. The number of nitrogens with one attached hydrogen (secondary N) is 1. The highest BCUT2D eigenvalue weighted by Crippen LogP contribution is 2.09. The van der Waals surface area contributed by atoms with Gasteiger partial charge in [-0.2, -0.15) is 0 Å². The van der Waals surface area contributed by atoms with Crippen molar-refractivity contribution in [2.45, 2.75) is 39.3 Å². The molecule has 0 saturated carbocycles. The van der Waals surface area contributed by atoms with Crippen molar-refractivity contribution in [2.75, 3.05) is 0 Å². The molecule has 0 aliphatic heterocycles. The molecule has 0 aromatic carbocycles. The summed E-state index contributed by atoms with van der Waals surface area (Å²) >= 11 is 0. The Hall–Kier alpha value is -1.10. The van der Waals surface area contributed by atoms with Crippen molar-refractivity contribution in [1.82, 2.24) is 5.32 Å². The van der Waals surface area contributed by atoms with Crippen LogP contribution in [-0.4, -0.2) is 33.7 Å². The smallest absolute Gasteiger partial charge is 0.315 e. The SMILES string of the molecule is CC(C(=O)O)C(=O)NC(C)(C)C(C)O. The molecule has 0 fully saturated rings. The van der Waals surface area contributed by atoms with Gasteiger partial charge < -0.3 is 15.5 Å². The van der Waals surface area contributed by atoms with E-state index >= 15 is 0 Å². The van der Waals surface area contributed by atoms with Crippen LogP contribution in [0.25, 0.3) is 0 Å². The Morgan fingerprint density at radius 3 is 2.00 bits per heavy atom. The van der Waals surface area contributed by atoms with Crippen LogP contribution in [0.3, 0.4) is 0 Å². The molecule has 0 aromatic heterocycles. The van der Waals surface area contributed by atoms with Gasteiger partial charge in [0.2, 0.25) is 5.91 Å². The first-order valence-corrected chi connectivity index (χ1v) is 4.41. The molecule has 0 radical (unpaired) electrons. The number of amides is 1.